The largest absolute Gasteiger partial charge is 0.372 e. The van der Waals surface area contributed by atoms with Crippen LogP contribution in [-0.2, 0) is 24.5 Å². The molecule has 1 aromatic carbocycles. The van der Waals surface area contributed by atoms with E-state index in [1.165, 1.54) is 16.7 Å². The third-order valence-corrected chi connectivity index (χ3v) is 2.64. The van der Waals surface area contributed by atoms with Crippen LogP contribution >= 0.6 is 11.9 Å². The lowest BCUT2D eigenvalue weighted by Gasteiger charge is -2.03. The predicted octanol–water partition coefficient (Wildman–Crippen LogP) is 2.08. The van der Waals surface area contributed by atoms with Crippen LogP contribution in [0.15, 0.2) is 18.2 Å². The van der Waals surface area contributed by atoms with Crippen LogP contribution < -0.4 is 4.72 Å². The Morgan fingerprint density at radius 3 is 3.08 bits per heavy atom. The van der Waals surface area contributed by atoms with Gasteiger partial charge in [0, 0.05) is 6.54 Å². The van der Waals surface area contributed by atoms with Crippen molar-refractivity contribution in [1.29, 1.82) is 0 Å². The molecule has 0 radical (unpaired) electrons. The fourth-order valence-electron chi connectivity index (χ4n) is 1.49. The summed E-state index contributed by atoms with van der Waals surface area (Å²) in [7, 11) is 0. The quantitative estimate of drug-likeness (QED) is 0.746. The Balaban J connectivity index is 2.12. The minimum atomic E-state index is 0.780. The van der Waals surface area contributed by atoms with Crippen LogP contribution in [0, 0.1) is 0 Å². The molecule has 0 fully saturated rings. The van der Waals surface area contributed by atoms with Crippen LogP contribution in [0.5, 0.6) is 0 Å². The number of hydrogen-bond acceptors (Lipinski definition) is 3. The SMILES string of the molecule is CSNCc1ccc2c(c1)COC2. The van der Waals surface area contributed by atoms with E-state index in [4.69, 9.17) is 4.74 Å². The van der Waals surface area contributed by atoms with E-state index in [2.05, 4.69) is 22.9 Å². The molecule has 1 aliphatic rings. The van der Waals surface area contributed by atoms with Gasteiger partial charge in [0.15, 0.2) is 0 Å². The predicted molar refractivity (Wildman–Crippen MR) is 55.3 cm³/mol. The van der Waals surface area contributed by atoms with Crippen molar-refractivity contribution in [3.8, 4) is 0 Å². The van der Waals surface area contributed by atoms with Crippen LogP contribution in [0.2, 0.25) is 0 Å². The zero-order chi connectivity index (χ0) is 9.10. The Labute approximate surface area is 82.8 Å². The number of ether oxygens (including phenoxy) is 1. The van der Waals surface area contributed by atoms with E-state index in [0.717, 1.165) is 19.8 Å². The van der Waals surface area contributed by atoms with Crippen molar-refractivity contribution >= 4 is 11.9 Å². The fraction of sp³-hybridized carbons (Fsp3) is 0.400. The summed E-state index contributed by atoms with van der Waals surface area (Å²) >= 11 is 1.65. The lowest BCUT2D eigenvalue weighted by molar-refractivity contribution is 0.134. The monoisotopic (exact) mass is 195 g/mol. The van der Waals surface area contributed by atoms with Crippen molar-refractivity contribution in [2.75, 3.05) is 6.26 Å². The summed E-state index contributed by atoms with van der Waals surface area (Å²) in [6, 6.07) is 6.56. The van der Waals surface area contributed by atoms with Crippen LogP contribution in [-0.4, -0.2) is 6.26 Å². The van der Waals surface area contributed by atoms with Crippen LogP contribution in [0.25, 0.3) is 0 Å². The van der Waals surface area contributed by atoms with Crippen LogP contribution in [0.1, 0.15) is 16.7 Å². The highest BCUT2D eigenvalue weighted by Crippen LogP contribution is 2.20. The Hall–Kier alpha value is -0.510. The zero-order valence-corrected chi connectivity index (χ0v) is 8.49. The molecule has 0 aliphatic carbocycles. The lowest BCUT2D eigenvalue weighted by atomic mass is 10.1. The molecule has 0 amide bonds. The first-order valence-electron chi connectivity index (χ1n) is 4.34. The summed E-state index contributed by atoms with van der Waals surface area (Å²) in [6.07, 6.45) is 2.04. The first-order chi connectivity index (χ1) is 6.40. The third kappa shape index (κ3) is 2.05. The smallest absolute Gasteiger partial charge is 0.0725 e. The van der Waals surface area contributed by atoms with Gasteiger partial charge in [-0.3, -0.25) is 4.72 Å². The van der Waals surface area contributed by atoms with Crippen molar-refractivity contribution < 1.29 is 4.74 Å². The van der Waals surface area contributed by atoms with Gasteiger partial charge in [-0.25, -0.2) is 0 Å². The summed E-state index contributed by atoms with van der Waals surface area (Å²) in [6.45, 7) is 2.49. The topological polar surface area (TPSA) is 21.3 Å². The molecule has 0 unspecified atom stereocenters. The molecule has 0 atom stereocenters. The van der Waals surface area contributed by atoms with Gasteiger partial charge in [0.05, 0.1) is 13.2 Å². The van der Waals surface area contributed by atoms with Crippen molar-refractivity contribution in [3.63, 3.8) is 0 Å². The molecule has 0 spiro atoms. The molecule has 2 rings (SSSR count). The maximum absolute atomic E-state index is 5.35. The van der Waals surface area contributed by atoms with Gasteiger partial charge in [-0.1, -0.05) is 30.1 Å². The summed E-state index contributed by atoms with van der Waals surface area (Å²) in [5.41, 5.74) is 4.02. The second-order valence-electron chi connectivity index (χ2n) is 3.12. The maximum Gasteiger partial charge on any atom is 0.0725 e. The van der Waals surface area contributed by atoms with Gasteiger partial charge in [-0.15, -0.1) is 0 Å². The van der Waals surface area contributed by atoms with Crippen LogP contribution in [0.3, 0.4) is 0 Å². The molecule has 70 valence electrons. The molecular formula is C10H13NOS. The van der Waals surface area contributed by atoms with Crippen LogP contribution in [0.4, 0.5) is 0 Å². The fourth-order valence-corrected chi connectivity index (χ4v) is 1.80. The van der Waals surface area contributed by atoms with E-state index < -0.39 is 0 Å². The molecule has 1 N–H and O–H groups in total. The van der Waals surface area contributed by atoms with Gasteiger partial charge in [0.25, 0.3) is 0 Å². The van der Waals surface area contributed by atoms with Gasteiger partial charge in [0.2, 0.25) is 0 Å². The number of rotatable bonds is 3. The van der Waals surface area contributed by atoms with Gasteiger partial charge < -0.3 is 4.74 Å². The van der Waals surface area contributed by atoms with E-state index in [0.29, 0.717) is 0 Å². The van der Waals surface area contributed by atoms with Crippen molar-refractivity contribution in [1.82, 2.24) is 4.72 Å². The number of nitrogens with one attached hydrogen (secondary N) is 1. The first kappa shape index (κ1) is 9.06. The van der Waals surface area contributed by atoms with E-state index in [-0.39, 0.29) is 0 Å². The molecule has 2 nitrogen and oxygen atoms in total. The van der Waals surface area contributed by atoms with E-state index in [9.17, 15) is 0 Å². The second-order valence-corrected chi connectivity index (χ2v) is 3.82. The molecular weight excluding hydrogens is 182 g/mol. The molecule has 0 aromatic heterocycles. The average molecular weight is 195 g/mol. The summed E-state index contributed by atoms with van der Waals surface area (Å²) in [5.74, 6) is 0. The molecule has 0 saturated heterocycles. The van der Waals surface area contributed by atoms with Gasteiger partial charge in [-0.05, 0) is 22.9 Å². The highest BCUT2D eigenvalue weighted by atomic mass is 32.2. The van der Waals surface area contributed by atoms with Crippen molar-refractivity contribution in [2.24, 2.45) is 0 Å². The Bertz CT molecular complexity index is 301. The lowest BCUT2D eigenvalue weighted by Crippen LogP contribution is -2.02. The molecule has 0 bridgehead atoms. The van der Waals surface area contributed by atoms with Gasteiger partial charge in [0.1, 0.15) is 0 Å². The first-order valence-corrected chi connectivity index (χ1v) is 5.57. The standard InChI is InChI=1S/C10H13NOS/c1-13-11-5-8-2-3-9-6-12-7-10(9)4-8/h2-4,11H,5-7H2,1H3. The van der Waals surface area contributed by atoms with E-state index in [1.807, 2.05) is 6.26 Å². The second kappa shape index (κ2) is 4.13. The summed E-state index contributed by atoms with van der Waals surface area (Å²) < 4.78 is 8.58. The molecule has 1 heterocycles. The van der Waals surface area contributed by atoms with E-state index >= 15 is 0 Å². The van der Waals surface area contributed by atoms with Gasteiger partial charge >= 0.3 is 0 Å². The maximum atomic E-state index is 5.35. The van der Waals surface area contributed by atoms with Crippen molar-refractivity contribution in [3.05, 3.63) is 34.9 Å². The highest BCUT2D eigenvalue weighted by Gasteiger charge is 2.10. The Morgan fingerprint density at radius 2 is 2.23 bits per heavy atom. The number of fused-ring (bicyclic) bond motifs is 1. The summed E-state index contributed by atoms with van der Waals surface area (Å²) in [5, 5.41) is 0. The Morgan fingerprint density at radius 1 is 1.38 bits per heavy atom. The third-order valence-electron chi connectivity index (χ3n) is 2.21. The van der Waals surface area contributed by atoms with Crippen molar-refractivity contribution in [2.45, 2.75) is 19.8 Å². The minimum absolute atomic E-state index is 0.780. The molecule has 3 heteroatoms. The molecule has 0 saturated carbocycles. The normalized spacial score (nSPS) is 14.5. The Kier molecular flexibility index (Phi) is 2.88. The highest BCUT2D eigenvalue weighted by molar-refractivity contribution is 7.96. The average Bonchev–Trinajstić information content (AvgIpc) is 2.61. The van der Waals surface area contributed by atoms with E-state index in [1.54, 1.807) is 11.9 Å². The number of benzene rings is 1. The summed E-state index contributed by atoms with van der Waals surface area (Å²) in [4.78, 5) is 0. The minimum Gasteiger partial charge on any atom is -0.372 e. The molecule has 1 aliphatic heterocycles. The van der Waals surface area contributed by atoms with Gasteiger partial charge in [-0.2, -0.15) is 0 Å². The zero-order valence-electron chi connectivity index (χ0n) is 7.67. The number of hydrogen-bond donors (Lipinski definition) is 1. The molecule has 1 aromatic rings. The molecule has 13 heavy (non-hydrogen) atoms.